The largest absolute Gasteiger partial charge is 0.376 e. The summed E-state index contributed by atoms with van der Waals surface area (Å²) in [5.74, 6) is -0.102. The number of halogens is 2. The molecule has 2 rings (SSSR count). The van der Waals surface area contributed by atoms with Crippen LogP contribution in [-0.4, -0.2) is 12.5 Å². The molecule has 0 spiro atoms. The second-order valence-electron chi connectivity index (χ2n) is 4.40. The van der Waals surface area contributed by atoms with Gasteiger partial charge in [0.2, 0.25) is 5.91 Å². The summed E-state index contributed by atoms with van der Waals surface area (Å²) in [6.45, 7) is 2.17. The summed E-state index contributed by atoms with van der Waals surface area (Å²) in [5, 5.41) is 6.47. The molecule has 0 aliphatic rings. The van der Waals surface area contributed by atoms with Crippen LogP contribution in [0.25, 0.3) is 0 Å². The monoisotopic (exact) mass is 352 g/mol. The van der Waals surface area contributed by atoms with Crippen molar-refractivity contribution in [3.8, 4) is 0 Å². The quantitative estimate of drug-likeness (QED) is 0.852. The van der Waals surface area contributed by atoms with Crippen LogP contribution in [0.15, 0.2) is 46.9 Å². The fourth-order valence-corrected chi connectivity index (χ4v) is 2.14. The van der Waals surface area contributed by atoms with Gasteiger partial charge in [-0.25, -0.2) is 0 Å². The molecular formula is C15H14BrClN2O. The Morgan fingerprint density at radius 2 is 2.00 bits per heavy atom. The summed E-state index contributed by atoms with van der Waals surface area (Å²) in [5.41, 5.74) is 2.71. The zero-order valence-electron chi connectivity index (χ0n) is 10.9. The van der Waals surface area contributed by atoms with E-state index in [4.69, 9.17) is 11.6 Å². The number of carbonyl (C=O) groups excluding carboxylic acids is 1. The van der Waals surface area contributed by atoms with E-state index >= 15 is 0 Å². The van der Waals surface area contributed by atoms with E-state index < -0.39 is 0 Å². The van der Waals surface area contributed by atoms with Gasteiger partial charge in [-0.3, -0.25) is 4.79 Å². The van der Waals surface area contributed by atoms with E-state index in [-0.39, 0.29) is 12.5 Å². The lowest BCUT2D eigenvalue weighted by molar-refractivity contribution is -0.114. The topological polar surface area (TPSA) is 41.1 Å². The molecule has 0 unspecified atom stereocenters. The molecule has 0 aliphatic heterocycles. The number of hydrogen-bond acceptors (Lipinski definition) is 2. The number of hydrogen-bond donors (Lipinski definition) is 2. The maximum atomic E-state index is 11.8. The average Bonchev–Trinajstić information content (AvgIpc) is 2.40. The van der Waals surface area contributed by atoms with Gasteiger partial charge in [0.25, 0.3) is 0 Å². The lowest BCUT2D eigenvalue weighted by Gasteiger charge is -2.09. The molecule has 0 aliphatic carbocycles. The van der Waals surface area contributed by atoms with Gasteiger partial charge in [-0.2, -0.15) is 0 Å². The summed E-state index contributed by atoms with van der Waals surface area (Å²) in [6, 6.07) is 13.1. The molecule has 2 aromatic rings. The van der Waals surface area contributed by atoms with Crippen LogP contribution in [0, 0.1) is 6.92 Å². The van der Waals surface area contributed by atoms with Gasteiger partial charge in [0, 0.05) is 15.8 Å². The van der Waals surface area contributed by atoms with E-state index in [1.165, 1.54) is 0 Å². The molecule has 2 N–H and O–H groups in total. The maximum absolute atomic E-state index is 11.8. The smallest absolute Gasteiger partial charge is 0.243 e. The highest BCUT2D eigenvalue weighted by molar-refractivity contribution is 9.10. The Bertz CT molecular complexity index is 631. The minimum atomic E-state index is -0.102. The van der Waals surface area contributed by atoms with Gasteiger partial charge in [-0.15, -0.1) is 0 Å². The Labute approximate surface area is 131 Å². The third-order valence-electron chi connectivity index (χ3n) is 2.67. The Morgan fingerprint density at radius 1 is 1.20 bits per heavy atom. The fraction of sp³-hybridized carbons (Fsp3) is 0.133. The van der Waals surface area contributed by atoms with Crippen molar-refractivity contribution >= 4 is 44.8 Å². The maximum Gasteiger partial charge on any atom is 0.243 e. The normalized spacial score (nSPS) is 10.2. The van der Waals surface area contributed by atoms with E-state index in [0.29, 0.717) is 5.02 Å². The van der Waals surface area contributed by atoms with Crippen LogP contribution in [0.2, 0.25) is 5.02 Å². The molecule has 1 amide bonds. The third-order valence-corrected chi connectivity index (χ3v) is 3.91. The molecular weight excluding hydrogens is 340 g/mol. The first-order chi connectivity index (χ1) is 9.54. The minimum absolute atomic E-state index is 0.102. The predicted molar refractivity (Wildman–Crippen MR) is 87.5 cm³/mol. The number of nitrogens with one attached hydrogen (secondary N) is 2. The number of rotatable bonds is 4. The number of amides is 1. The lowest BCUT2D eigenvalue weighted by atomic mass is 10.2. The van der Waals surface area contributed by atoms with Gasteiger partial charge in [0.1, 0.15) is 0 Å². The molecule has 104 valence electrons. The van der Waals surface area contributed by atoms with Crippen molar-refractivity contribution in [1.29, 1.82) is 0 Å². The standard InChI is InChI=1S/C15H14BrClN2O/c1-10-3-2-4-12(7-10)19-15(20)9-18-11-5-6-13(16)14(17)8-11/h2-8,18H,9H2,1H3,(H,19,20). The summed E-state index contributed by atoms with van der Waals surface area (Å²) in [7, 11) is 0. The average molecular weight is 354 g/mol. The number of carbonyl (C=O) groups is 1. The van der Waals surface area contributed by atoms with Gasteiger partial charge in [-0.1, -0.05) is 23.7 Å². The minimum Gasteiger partial charge on any atom is -0.376 e. The van der Waals surface area contributed by atoms with E-state index in [0.717, 1.165) is 21.4 Å². The molecule has 2 aromatic carbocycles. The van der Waals surface area contributed by atoms with Crippen LogP contribution in [0.3, 0.4) is 0 Å². The molecule has 0 saturated heterocycles. The van der Waals surface area contributed by atoms with Gasteiger partial charge in [0.05, 0.1) is 11.6 Å². The first kappa shape index (κ1) is 14.9. The van der Waals surface area contributed by atoms with Gasteiger partial charge < -0.3 is 10.6 Å². The summed E-state index contributed by atoms with van der Waals surface area (Å²) >= 11 is 9.31. The highest BCUT2D eigenvalue weighted by Gasteiger charge is 2.04. The Balaban J connectivity index is 1.90. The van der Waals surface area contributed by atoms with Crippen LogP contribution >= 0.6 is 27.5 Å². The second kappa shape index (κ2) is 6.77. The lowest BCUT2D eigenvalue weighted by Crippen LogP contribution is -2.21. The van der Waals surface area contributed by atoms with Gasteiger partial charge >= 0.3 is 0 Å². The highest BCUT2D eigenvalue weighted by atomic mass is 79.9. The summed E-state index contributed by atoms with van der Waals surface area (Å²) in [6.07, 6.45) is 0. The van der Waals surface area contributed by atoms with Crippen molar-refractivity contribution in [2.75, 3.05) is 17.2 Å². The molecule has 0 bridgehead atoms. The molecule has 3 nitrogen and oxygen atoms in total. The second-order valence-corrected chi connectivity index (χ2v) is 5.66. The van der Waals surface area contributed by atoms with E-state index in [1.807, 2.05) is 43.3 Å². The summed E-state index contributed by atoms with van der Waals surface area (Å²) in [4.78, 5) is 11.8. The van der Waals surface area contributed by atoms with Crippen LogP contribution < -0.4 is 10.6 Å². The van der Waals surface area contributed by atoms with Gasteiger partial charge in [-0.05, 0) is 58.7 Å². The van der Waals surface area contributed by atoms with Crippen LogP contribution in [0.5, 0.6) is 0 Å². The zero-order valence-corrected chi connectivity index (χ0v) is 13.3. The van der Waals surface area contributed by atoms with E-state index in [2.05, 4.69) is 26.6 Å². The summed E-state index contributed by atoms with van der Waals surface area (Å²) < 4.78 is 0.828. The van der Waals surface area contributed by atoms with E-state index in [9.17, 15) is 4.79 Å². The molecule has 5 heteroatoms. The highest BCUT2D eigenvalue weighted by Crippen LogP contribution is 2.25. The van der Waals surface area contributed by atoms with Crippen LogP contribution in [-0.2, 0) is 4.79 Å². The van der Waals surface area contributed by atoms with Crippen LogP contribution in [0.1, 0.15) is 5.56 Å². The number of anilines is 2. The van der Waals surface area contributed by atoms with Crippen LogP contribution in [0.4, 0.5) is 11.4 Å². The molecule has 0 aromatic heterocycles. The van der Waals surface area contributed by atoms with Crippen molar-refractivity contribution in [2.45, 2.75) is 6.92 Å². The third kappa shape index (κ3) is 4.25. The SMILES string of the molecule is Cc1cccc(NC(=O)CNc2ccc(Br)c(Cl)c2)c1. The first-order valence-corrected chi connectivity index (χ1v) is 7.27. The van der Waals surface area contributed by atoms with Crippen molar-refractivity contribution < 1.29 is 4.79 Å². The predicted octanol–water partition coefficient (Wildman–Crippen LogP) is 4.46. The first-order valence-electron chi connectivity index (χ1n) is 6.10. The zero-order chi connectivity index (χ0) is 14.5. The Kier molecular flexibility index (Phi) is 5.04. The molecule has 0 heterocycles. The van der Waals surface area contributed by atoms with Crippen molar-refractivity contribution in [2.24, 2.45) is 0 Å². The Morgan fingerprint density at radius 3 is 2.70 bits per heavy atom. The number of benzene rings is 2. The molecule has 0 saturated carbocycles. The Hall–Kier alpha value is -1.52. The van der Waals surface area contributed by atoms with Crippen molar-refractivity contribution in [3.63, 3.8) is 0 Å². The molecule has 0 radical (unpaired) electrons. The molecule has 20 heavy (non-hydrogen) atoms. The van der Waals surface area contributed by atoms with Gasteiger partial charge in [0.15, 0.2) is 0 Å². The molecule has 0 atom stereocenters. The van der Waals surface area contributed by atoms with E-state index in [1.54, 1.807) is 6.07 Å². The number of aryl methyl sites for hydroxylation is 1. The fourth-order valence-electron chi connectivity index (χ4n) is 1.72. The van der Waals surface area contributed by atoms with Crippen molar-refractivity contribution in [1.82, 2.24) is 0 Å². The van der Waals surface area contributed by atoms with Crippen molar-refractivity contribution in [3.05, 3.63) is 57.5 Å². The molecule has 0 fully saturated rings.